The zero-order chi connectivity index (χ0) is 18.7. The average Bonchev–Trinajstić information content (AvgIpc) is 2.61. The number of sulfonamides is 1. The highest BCUT2D eigenvalue weighted by Gasteiger charge is 2.10. The van der Waals surface area contributed by atoms with Crippen molar-refractivity contribution < 1.29 is 17.9 Å². The number of pyridine rings is 1. The van der Waals surface area contributed by atoms with Crippen LogP contribution in [-0.4, -0.2) is 32.7 Å². The van der Waals surface area contributed by atoms with Gasteiger partial charge >= 0.3 is 0 Å². The van der Waals surface area contributed by atoms with Crippen molar-refractivity contribution in [3.63, 3.8) is 0 Å². The summed E-state index contributed by atoms with van der Waals surface area (Å²) in [5.74, 6) is 0.367. The highest BCUT2D eigenvalue weighted by Crippen LogP contribution is 2.20. The van der Waals surface area contributed by atoms with E-state index in [0.717, 1.165) is 17.4 Å². The Morgan fingerprint density at radius 1 is 1.00 bits per heavy atom. The van der Waals surface area contributed by atoms with E-state index in [1.807, 2.05) is 6.07 Å². The minimum absolute atomic E-state index is 0.279. The van der Waals surface area contributed by atoms with Crippen LogP contribution in [0, 0.1) is 0 Å². The van der Waals surface area contributed by atoms with Crippen LogP contribution in [0.1, 0.15) is 10.5 Å². The molecule has 1 amide bonds. The third-order valence-electron chi connectivity index (χ3n) is 3.58. The molecule has 3 aromatic rings. The Morgan fingerprint density at radius 3 is 2.35 bits per heavy atom. The van der Waals surface area contributed by atoms with E-state index in [1.54, 1.807) is 55.6 Å². The molecule has 2 N–H and O–H groups in total. The van der Waals surface area contributed by atoms with Gasteiger partial charge in [-0.1, -0.05) is 6.07 Å². The summed E-state index contributed by atoms with van der Waals surface area (Å²) in [6.07, 6.45) is 1.07. The fourth-order valence-electron chi connectivity index (χ4n) is 2.39. The maximum absolute atomic E-state index is 12.4. The van der Waals surface area contributed by atoms with E-state index < -0.39 is 10.0 Å². The fourth-order valence-corrected chi connectivity index (χ4v) is 2.95. The number of hydrogen-bond donors (Lipinski definition) is 2. The molecule has 1 heterocycles. The van der Waals surface area contributed by atoms with Crippen LogP contribution in [-0.2, 0) is 10.0 Å². The number of fused-ring (bicyclic) bond motifs is 1. The standard InChI is InChI=1S/C18H17N3O4S/c1-25-15-8-10-16-12(11-15)3-9-17(20-16)18(22)19-13-4-6-14(7-5-13)21-26(2,23)24/h3-11,21H,1-2H3,(H,19,22). The second-order valence-electron chi connectivity index (χ2n) is 5.66. The highest BCUT2D eigenvalue weighted by molar-refractivity contribution is 7.92. The van der Waals surface area contributed by atoms with Crippen LogP contribution in [0.4, 0.5) is 11.4 Å². The summed E-state index contributed by atoms with van der Waals surface area (Å²) in [6, 6.07) is 15.2. The summed E-state index contributed by atoms with van der Waals surface area (Å²) in [5.41, 5.74) is 1.92. The van der Waals surface area contributed by atoms with Gasteiger partial charge in [0.1, 0.15) is 11.4 Å². The molecule has 0 radical (unpaired) electrons. The van der Waals surface area contributed by atoms with Gasteiger partial charge in [-0.05, 0) is 48.5 Å². The molecule has 3 rings (SSSR count). The van der Waals surface area contributed by atoms with Crippen molar-refractivity contribution in [1.82, 2.24) is 4.98 Å². The minimum atomic E-state index is -3.34. The Morgan fingerprint density at radius 2 is 1.69 bits per heavy atom. The molecule has 0 saturated carbocycles. The summed E-state index contributed by atoms with van der Waals surface area (Å²) in [6.45, 7) is 0. The zero-order valence-electron chi connectivity index (χ0n) is 14.2. The summed E-state index contributed by atoms with van der Waals surface area (Å²) < 4.78 is 29.9. The predicted molar refractivity (Wildman–Crippen MR) is 101 cm³/mol. The second kappa shape index (κ2) is 7.01. The maximum atomic E-state index is 12.4. The van der Waals surface area contributed by atoms with E-state index in [2.05, 4.69) is 15.0 Å². The molecule has 134 valence electrons. The number of amides is 1. The Kier molecular flexibility index (Phi) is 4.77. The molecule has 0 aliphatic rings. The van der Waals surface area contributed by atoms with Crippen LogP contribution in [0.15, 0.2) is 54.6 Å². The van der Waals surface area contributed by atoms with Crippen LogP contribution in [0.3, 0.4) is 0 Å². The number of hydrogen-bond acceptors (Lipinski definition) is 5. The Bertz CT molecular complexity index is 1060. The molecule has 0 fully saturated rings. The SMILES string of the molecule is COc1ccc2nc(C(=O)Nc3ccc(NS(C)(=O)=O)cc3)ccc2c1. The molecule has 0 aliphatic carbocycles. The molecule has 1 aromatic heterocycles. The number of anilines is 2. The number of rotatable bonds is 5. The number of carbonyl (C=O) groups is 1. The van der Waals surface area contributed by atoms with Crippen molar-refractivity contribution in [1.29, 1.82) is 0 Å². The van der Waals surface area contributed by atoms with E-state index in [0.29, 0.717) is 16.9 Å². The molecule has 2 aromatic carbocycles. The molecular formula is C18H17N3O4S. The lowest BCUT2D eigenvalue weighted by Gasteiger charge is -2.08. The van der Waals surface area contributed by atoms with E-state index >= 15 is 0 Å². The van der Waals surface area contributed by atoms with E-state index in [4.69, 9.17) is 4.74 Å². The molecule has 0 bridgehead atoms. The molecule has 0 atom stereocenters. The van der Waals surface area contributed by atoms with Crippen LogP contribution in [0.25, 0.3) is 10.9 Å². The van der Waals surface area contributed by atoms with Gasteiger partial charge in [-0.15, -0.1) is 0 Å². The lowest BCUT2D eigenvalue weighted by Crippen LogP contribution is -2.14. The number of nitrogens with zero attached hydrogens (tertiary/aromatic N) is 1. The molecule has 7 nitrogen and oxygen atoms in total. The van der Waals surface area contributed by atoms with E-state index in [-0.39, 0.29) is 11.6 Å². The number of aromatic nitrogens is 1. The topological polar surface area (TPSA) is 97.4 Å². The van der Waals surface area contributed by atoms with Crippen LogP contribution >= 0.6 is 0 Å². The lowest BCUT2D eigenvalue weighted by molar-refractivity contribution is 0.102. The van der Waals surface area contributed by atoms with E-state index in [1.165, 1.54) is 0 Å². The van der Waals surface area contributed by atoms with Crippen LogP contribution in [0.2, 0.25) is 0 Å². The monoisotopic (exact) mass is 371 g/mol. The van der Waals surface area contributed by atoms with Gasteiger partial charge in [0.2, 0.25) is 10.0 Å². The molecule has 0 spiro atoms. The van der Waals surface area contributed by atoms with E-state index in [9.17, 15) is 13.2 Å². The van der Waals surface area contributed by atoms with Crippen molar-refractivity contribution in [3.8, 4) is 5.75 Å². The Hall–Kier alpha value is -3.13. The van der Waals surface area contributed by atoms with Crippen molar-refractivity contribution in [2.45, 2.75) is 0 Å². The first-order chi connectivity index (χ1) is 12.3. The molecule has 0 saturated heterocycles. The van der Waals surface area contributed by atoms with Gasteiger partial charge in [0.15, 0.2) is 0 Å². The van der Waals surface area contributed by atoms with Gasteiger partial charge in [0, 0.05) is 16.8 Å². The van der Waals surface area contributed by atoms with Gasteiger partial charge in [0.05, 0.1) is 18.9 Å². The Balaban J connectivity index is 1.76. The number of nitrogens with one attached hydrogen (secondary N) is 2. The van der Waals surface area contributed by atoms with Crippen LogP contribution < -0.4 is 14.8 Å². The van der Waals surface area contributed by atoms with Crippen molar-refractivity contribution in [2.24, 2.45) is 0 Å². The average molecular weight is 371 g/mol. The summed E-state index contributed by atoms with van der Waals surface area (Å²) in [7, 11) is -1.75. The summed E-state index contributed by atoms with van der Waals surface area (Å²) in [4.78, 5) is 16.7. The molecule has 8 heteroatoms. The number of ether oxygens (including phenoxy) is 1. The quantitative estimate of drug-likeness (QED) is 0.719. The molecule has 0 aliphatic heterocycles. The number of methoxy groups -OCH3 is 1. The normalized spacial score (nSPS) is 11.2. The van der Waals surface area contributed by atoms with Gasteiger partial charge in [0.25, 0.3) is 5.91 Å². The van der Waals surface area contributed by atoms with Crippen molar-refractivity contribution >= 4 is 38.2 Å². The third-order valence-corrected chi connectivity index (χ3v) is 4.18. The third kappa shape index (κ3) is 4.28. The largest absolute Gasteiger partial charge is 0.497 e. The van der Waals surface area contributed by atoms with Gasteiger partial charge in [-0.2, -0.15) is 0 Å². The lowest BCUT2D eigenvalue weighted by atomic mass is 10.2. The summed E-state index contributed by atoms with van der Waals surface area (Å²) >= 11 is 0. The second-order valence-corrected chi connectivity index (χ2v) is 7.41. The van der Waals surface area contributed by atoms with Crippen molar-refractivity contribution in [2.75, 3.05) is 23.4 Å². The highest BCUT2D eigenvalue weighted by atomic mass is 32.2. The van der Waals surface area contributed by atoms with Crippen LogP contribution in [0.5, 0.6) is 5.75 Å². The number of benzene rings is 2. The molecule has 26 heavy (non-hydrogen) atoms. The number of carbonyl (C=O) groups excluding carboxylic acids is 1. The van der Waals surface area contributed by atoms with Crippen molar-refractivity contribution in [3.05, 3.63) is 60.3 Å². The smallest absolute Gasteiger partial charge is 0.274 e. The van der Waals surface area contributed by atoms with Gasteiger partial charge in [-0.3, -0.25) is 9.52 Å². The first-order valence-electron chi connectivity index (χ1n) is 7.68. The summed E-state index contributed by atoms with van der Waals surface area (Å²) in [5, 5.41) is 3.60. The predicted octanol–water partition coefficient (Wildman–Crippen LogP) is 2.87. The van der Waals surface area contributed by atoms with Gasteiger partial charge < -0.3 is 10.1 Å². The molecular weight excluding hydrogens is 354 g/mol. The fraction of sp³-hybridized carbons (Fsp3) is 0.111. The maximum Gasteiger partial charge on any atom is 0.274 e. The first-order valence-corrected chi connectivity index (χ1v) is 9.57. The molecule has 0 unspecified atom stereocenters. The first kappa shape index (κ1) is 17.7. The zero-order valence-corrected chi connectivity index (χ0v) is 15.0. The minimum Gasteiger partial charge on any atom is -0.497 e. The Labute approximate surface area is 151 Å². The van der Waals surface area contributed by atoms with Gasteiger partial charge in [-0.25, -0.2) is 13.4 Å².